The lowest BCUT2D eigenvalue weighted by molar-refractivity contribution is 0.482. The standard InChI is InChI=1S/C34H28O2/c1-2-33(26-18-22-31(23-19-26)35-29-14-8-4-9-15-29)34(27-12-6-3-7-13-27)28-20-24-32(25-21-28)36-30-16-10-5-11-17-30/h3-25H,2H2,1H3/b34-33+. The maximum Gasteiger partial charge on any atom is 0.127 e. The summed E-state index contributed by atoms with van der Waals surface area (Å²) >= 11 is 0. The van der Waals surface area contributed by atoms with Gasteiger partial charge in [0.25, 0.3) is 0 Å². The molecule has 36 heavy (non-hydrogen) atoms. The van der Waals surface area contributed by atoms with Crippen LogP contribution in [-0.4, -0.2) is 0 Å². The molecule has 0 bridgehead atoms. The van der Waals surface area contributed by atoms with Gasteiger partial charge in [0.05, 0.1) is 0 Å². The van der Waals surface area contributed by atoms with Gasteiger partial charge < -0.3 is 9.47 Å². The Balaban J connectivity index is 1.50. The van der Waals surface area contributed by atoms with Crippen molar-refractivity contribution >= 4 is 11.1 Å². The van der Waals surface area contributed by atoms with Crippen LogP contribution in [0.4, 0.5) is 0 Å². The molecule has 0 fully saturated rings. The van der Waals surface area contributed by atoms with Crippen LogP contribution in [0, 0.1) is 0 Å². The summed E-state index contributed by atoms with van der Waals surface area (Å²) < 4.78 is 12.0. The Morgan fingerprint density at radius 2 is 0.778 bits per heavy atom. The summed E-state index contributed by atoms with van der Waals surface area (Å²) in [7, 11) is 0. The Kier molecular flexibility index (Phi) is 7.24. The molecule has 0 radical (unpaired) electrons. The zero-order chi connectivity index (χ0) is 24.6. The summed E-state index contributed by atoms with van der Waals surface area (Å²) in [6, 6.07) is 47.0. The van der Waals surface area contributed by atoms with E-state index in [1.807, 2.05) is 84.9 Å². The third-order valence-electron chi connectivity index (χ3n) is 6.02. The zero-order valence-corrected chi connectivity index (χ0v) is 20.3. The monoisotopic (exact) mass is 468 g/mol. The molecule has 176 valence electrons. The predicted molar refractivity (Wildman–Crippen MR) is 149 cm³/mol. The third-order valence-corrected chi connectivity index (χ3v) is 6.02. The van der Waals surface area contributed by atoms with Crippen LogP contribution >= 0.6 is 0 Å². The summed E-state index contributed by atoms with van der Waals surface area (Å²) in [5.41, 5.74) is 6.03. The van der Waals surface area contributed by atoms with Gasteiger partial charge in [-0.15, -0.1) is 0 Å². The van der Waals surface area contributed by atoms with Crippen molar-refractivity contribution in [3.63, 3.8) is 0 Å². The van der Waals surface area contributed by atoms with Crippen molar-refractivity contribution < 1.29 is 9.47 Å². The molecule has 5 aromatic rings. The van der Waals surface area contributed by atoms with Gasteiger partial charge in [-0.25, -0.2) is 0 Å². The largest absolute Gasteiger partial charge is 0.457 e. The van der Waals surface area contributed by atoms with E-state index in [1.54, 1.807) is 0 Å². The third kappa shape index (κ3) is 5.56. The number of para-hydroxylation sites is 2. The second-order valence-corrected chi connectivity index (χ2v) is 8.45. The van der Waals surface area contributed by atoms with Crippen LogP contribution in [0.1, 0.15) is 30.0 Å². The highest BCUT2D eigenvalue weighted by Crippen LogP contribution is 2.36. The van der Waals surface area contributed by atoms with Crippen LogP contribution in [0.2, 0.25) is 0 Å². The summed E-state index contributed by atoms with van der Waals surface area (Å²) in [6.45, 7) is 2.21. The summed E-state index contributed by atoms with van der Waals surface area (Å²) in [5, 5.41) is 0. The predicted octanol–water partition coefficient (Wildman–Crippen LogP) is 9.64. The Hall–Kier alpha value is -4.56. The molecule has 0 aliphatic heterocycles. The molecule has 2 nitrogen and oxygen atoms in total. The molecule has 0 N–H and O–H groups in total. The first-order valence-electron chi connectivity index (χ1n) is 12.3. The number of hydrogen-bond donors (Lipinski definition) is 0. The average molecular weight is 469 g/mol. The van der Waals surface area contributed by atoms with Crippen molar-refractivity contribution in [1.29, 1.82) is 0 Å². The molecule has 5 rings (SSSR count). The second kappa shape index (κ2) is 11.2. The van der Waals surface area contributed by atoms with Crippen LogP contribution in [0.3, 0.4) is 0 Å². The number of allylic oxidation sites excluding steroid dienone is 1. The van der Waals surface area contributed by atoms with E-state index >= 15 is 0 Å². The Morgan fingerprint density at radius 1 is 0.417 bits per heavy atom. The Labute approximate surface area is 213 Å². The lowest BCUT2D eigenvalue weighted by atomic mass is 9.88. The van der Waals surface area contributed by atoms with Gasteiger partial charge in [-0.2, -0.15) is 0 Å². The lowest BCUT2D eigenvalue weighted by Gasteiger charge is -2.17. The Morgan fingerprint density at radius 3 is 1.22 bits per heavy atom. The van der Waals surface area contributed by atoms with Crippen LogP contribution in [0.15, 0.2) is 140 Å². The normalized spacial score (nSPS) is 11.5. The Bertz CT molecular complexity index is 1400. The first-order chi connectivity index (χ1) is 17.8. The molecular formula is C34H28O2. The fraction of sp³-hybridized carbons (Fsp3) is 0.0588. The van der Waals surface area contributed by atoms with E-state index in [2.05, 4.69) is 61.5 Å². The van der Waals surface area contributed by atoms with Crippen molar-refractivity contribution in [3.05, 3.63) is 156 Å². The highest BCUT2D eigenvalue weighted by Gasteiger charge is 2.13. The van der Waals surface area contributed by atoms with Gasteiger partial charge in [0.2, 0.25) is 0 Å². The van der Waals surface area contributed by atoms with Crippen molar-refractivity contribution in [1.82, 2.24) is 0 Å². The quantitative estimate of drug-likeness (QED) is 0.211. The smallest absolute Gasteiger partial charge is 0.127 e. The summed E-state index contributed by atoms with van der Waals surface area (Å²) in [6.07, 6.45) is 0.894. The molecule has 0 amide bonds. The van der Waals surface area contributed by atoms with Gasteiger partial charge in [0, 0.05) is 0 Å². The van der Waals surface area contributed by atoms with Gasteiger partial charge in [0.15, 0.2) is 0 Å². The summed E-state index contributed by atoms with van der Waals surface area (Å²) in [4.78, 5) is 0. The fourth-order valence-corrected chi connectivity index (χ4v) is 4.31. The van der Waals surface area contributed by atoms with Crippen LogP contribution in [-0.2, 0) is 0 Å². The van der Waals surface area contributed by atoms with E-state index in [9.17, 15) is 0 Å². The minimum absolute atomic E-state index is 0.817. The number of benzene rings is 5. The molecule has 0 aromatic heterocycles. The molecule has 2 heteroatoms. The minimum atomic E-state index is 0.817. The first kappa shape index (κ1) is 23.2. The number of rotatable bonds is 8. The van der Waals surface area contributed by atoms with Crippen molar-refractivity contribution in [2.75, 3.05) is 0 Å². The molecule has 0 heterocycles. The van der Waals surface area contributed by atoms with Gasteiger partial charge in [-0.05, 0) is 82.8 Å². The molecule has 0 aliphatic carbocycles. The first-order valence-corrected chi connectivity index (χ1v) is 12.3. The summed E-state index contributed by atoms with van der Waals surface area (Å²) in [5.74, 6) is 3.30. The molecular weight excluding hydrogens is 440 g/mol. The average Bonchev–Trinajstić information content (AvgIpc) is 2.94. The van der Waals surface area contributed by atoms with Crippen LogP contribution < -0.4 is 9.47 Å². The van der Waals surface area contributed by atoms with E-state index in [0.29, 0.717) is 0 Å². The maximum atomic E-state index is 6.02. The minimum Gasteiger partial charge on any atom is -0.457 e. The SMILES string of the molecule is CC/C(=C(/c1ccccc1)c1ccc(Oc2ccccc2)cc1)c1ccc(Oc2ccccc2)cc1. The van der Waals surface area contributed by atoms with Crippen molar-refractivity contribution in [2.24, 2.45) is 0 Å². The highest BCUT2D eigenvalue weighted by molar-refractivity contribution is 5.98. The van der Waals surface area contributed by atoms with Gasteiger partial charge in [0.1, 0.15) is 23.0 Å². The van der Waals surface area contributed by atoms with E-state index in [-0.39, 0.29) is 0 Å². The van der Waals surface area contributed by atoms with E-state index in [1.165, 1.54) is 22.3 Å². The highest BCUT2D eigenvalue weighted by atomic mass is 16.5. The zero-order valence-electron chi connectivity index (χ0n) is 20.3. The fourth-order valence-electron chi connectivity index (χ4n) is 4.31. The molecule has 0 atom stereocenters. The molecule has 0 aliphatic rings. The number of hydrogen-bond acceptors (Lipinski definition) is 2. The molecule has 0 spiro atoms. The van der Waals surface area contributed by atoms with Gasteiger partial charge in [-0.3, -0.25) is 0 Å². The van der Waals surface area contributed by atoms with Gasteiger partial charge >= 0.3 is 0 Å². The van der Waals surface area contributed by atoms with Crippen molar-refractivity contribution in [2.45, 2.75) is 13.3 Å². The van der Waals surface area contributed by atoms with E-state index < -0.39 is 0 Å². The van der Waals surface area contributed by atoms with Crippen molar-refractivity contribution in [3.8, 4) is 23.0 Å². The number of ether oxygens (including phenoxy) is 2. The molecule has 0 saturated carbocycles. The van der Waals surface area contributed by atoms with E-state index in [4.69, 9.17) is 9.47 Å². The van der Waals surface area contributed by atoms with Crippen LogP contribution in [0.5, 0.6) is 23.0 Å². The molecule has 5 aromatic carbocycles. The second-order valence-electron chi connectivity index (χ2n) is 8.45. The molecule has 0 saturated heterocycles. The molecule has 0 unspecified atom stereocenters. The lowest BCUT2D eigenvalue weighted by Crippen LogP contribution is -1.95. The van der Waals surface area contributed by atoms with Gasteiger partial charge in [-0.1, -0.05) is 97.9 Å². The van der Waals surface area contributed by atoms with E-state index in [0.717, 1.165) is 35.0 Å². The maximum absolute atomic E-state index is 6.02. The topological polar surface area (TPSA) is 18.5 Å². The van der Waals surface area contributed by atoms with Crippen LogP contribution in [0.25, 0.3) is 11.1 Å².